The van der Waals surface area contributed by atoms with Gasteiger partial charge in [0.1, 0.15) is 5.69 Å². The van der Waals surface area contributed by atoms with E-state index < -0.39 is 5.41 Å². The third-order valence-corrected chi connectivity index (χ3v) is 7.68. The summed E-state index contributed by atoms with van der Waals surface area (Å²) in [5.41, 5.74) is 1.50. The normalized spacial score (nSPS) is 18.9. The fraction of sp³-hybridized carbons (Fsp3) is 0.500. The third-order valence-electron chi connectivity index (χ3n) is 7.68. The molecule has 178 valence electrons. The van der Waals surface area contributed by atoms with Gasteiger partial charge in [0.2, 0.25) is 0 Å². The second kappa shape index (κ2) is 9.58. The van der Waals surface area contributed by atoms with Crippen molar-refractivity contribution in [3.8, 4) is 6.07 Å². The van der Waals surface area contributed by atoms with Crippen LogP contribution in [-0.2, 0) is 5.41 Å². The molecule has 2 amide bonds. The number of pyridine rings is 1. The van der Waals surface area contributed by atoms with Gasteiger partial charge in [-0.05, 0) is 54.7 Å². The summed E-state index contributed by atoms with van der Waals surface area (Å²) in [5.74, 6) is 0.400. The van der Waals surface area contributed by atoms with Crippen LogP contribution in [-0.4, -0.2) is 52.8 Å². The Labute approximate surface area is 202 Å². The average molecular weight is 459 g/mol. The predicted molar refractivity (Wildman–Crippen MR) is 131 cm³/mol. The molecule has 0 aliphatic carbocycles. The van der Waals surface area contributed by atoms with Crippen molar-refractivity contribution in [2.45, 2.75) is 51.9 Å². The van der Waals surface area contributed by atoms with Crippen LogP contribution in [0.25, 0.3) is 0 Å². The number of piperidine rings is 2. The number of carbonyl (C=O) groups is 2. The molecule has 2 aliphatic rings. The lowest BCUT2D eigenvalue weighted by Crippen LogP contribution is -2.45. The molecule has 0 radical (unpaired) electrons. The first-order valence-corrected chi connectivity index (χ1v) is 12.2. The number of carbonyl (C=O) groups excluding carboxylic acids is 2. The number of amides is 2. The fourth-order valence-corrected chi connectivity index (χ4v) is 5.29. The molecule has 0 spiro atoms. The smallest absolute Gasteiger partial charge is 0.272 e. The van der Waals surface area contributed by atoms with Crippen molar-refractivity contribution in [3.63, 3.8) is 0 Å². The highest BCUT2D eigenvalue weighted by atomic mass is 16.2. The standard InChI is InChI=1S/C28H34N4O2/c1-27(2,3)22-10-15-31(16-11-22)25(33)21-9-14-30-24(19-21)26(34)32-17-12-28(20-29,13-18-32)23-7-5-4-6-8-23/h4-9,14,19,22H,10-13,15-18H2,1-3H3. The van der Waals surface area contributed by atoms with Gasteiger partial charge in [0.15, 0.2) is 0 Å². The van der Waals surface area contributed by atoms with Crippen LogP contribution < -0.4 is 0 Å². The van der Waals surface area contributed by atoms with E-state index in [0.29, 0.717) is 43.1 Å². The number of rotatable bonds is 3. The predicted octanol–water partition coefficient (Wildman–Crippen LogP) is 4.68. The van der Waals surface area contributed by atoms with Crippen molar-refractivity contribution in [2.24, 2.45) is 11.3 Å². The van der Waals surface area contributed by atoms with Gasteiger partial charge in [-0.15, -0.1) is 0 Å². The molecule has 1 aromatic heterocycles. The number of hydrogen-bond acceptors (Lipinski definition) is 4. The Balaban J connectivity index is 1.41. The molecular formula is C28H34N4O2. The summed E-state index contributed by atoms with van der Waals surface area (Å²) in [4.78, 5) is 34.2. The summed E-state index contributed by atoms with van der Waals surface area (Å²) < 4.78 is 0. The van der Waals surface area contributed by atoms with Gasteiger partial charge in [0, 0.05) is 37.9 Å². The molecule has 0 N–H and O–H groups in total. The SMILES string of the molecule is CC(C)(C)C1CCN(C(=O)c2ccnc(C(=O)N3CCC(C#N)(c4ccccc4)CC3)c2)CC1. The highest BCUT2D eigenvalue weighted by molar-refractivity contribution is 5.98. The van der Waals surface area contributed by atoms with E-state index in [4.69, 9.17) is 0 Å². The largest absolute Gasteiger partial charge is 0.339 e. The van der Waals surface area contributed by atoms with Crippen molar-refractivity contribution in [1.82, 2.24) is 14.8 Å². The Morgan fingerprint density at radius 1 is 0.971 bits per heavy atom. The second-order valence-corrected chi connectivity index (χ2v) is 10.7. The van der Waals surface area contributed by atoms with Gasteiger partial charge in [-0.25, -0.2) is 0 Å². The summed E-state index contributed by atoms with van der Waals surface area (Å²) in [6, 6.07) is 15.6. The lowest BCUT2D eigenvalue weighted by Gasteiger charge is -2.39. The molecule has 0 bridgehead atoms. The lowest BCUT2D eigenvalue weighted by atomic mass is 9.74. The Morgan fingerprint density at radius 2 is 1.59 bits per heavy atom. The number of nitrogens with zero attached hydrogens (tertiary/aromatic N) is 4. The van der Waals surface area contributed by atoms with Crippen LogP contribution in [0.2, 0.25) is 0 Å². The van der Waals surface area contributed by atoms with E-state index in [1.54, 1.807) is 23.2 Å². The van der Waals surface area contributed by atoms with Gasteiger partial charge in [0.05, 0.1) is 11.5 Å². The number of benzene rings is 1. The van der Waals surface area contributed by atoms with Crippen LogP contribution in [0.3, 0.4) is 0 Å². The zero-order chi connectivity index (χ0) is 24.3. The Bertz CT molecular complexity index is 1070. The summed E-state index contributed by atoms with van der Waals surface area (Å²) >= 11 is 0. The summed E-state index contributed by atoms with van der Waals surface area (Å²) in [5, 5.41) is 9.91. The zero-order valence-corrected chi connectivity index (χ0v) is 20.5. The molecule has 1 aromatic carbocycles. The van der Waals surface area contributed by atoms with Crippen molar-refractivity contribution < 1.29 is 9.59 Å². The van der Waals surface area contributed by atoms with Crippen LogP contribution in [0.5, 0.6) is 0 Å². The quantitative estimate of drug-likeness (QED) is 0.669. The first-order chi connectivity index (χ1) is 16.2. The van der Waals surface area contributed by atoms with Crippen molar-refractivity contribution >= 4 is 11.8 Å². The van der Waals surface area contributed by atoms with Crippen molar-refractivity contribution in [1.29, 1.82) is 5.26 Å². The van der Waals surface area contributed by atoms with E-state index in [1.807, 2.05) is 35.2 Å². The molecule has 4 rings (SSSR count). The number of nitriles is 1. The Morgan fingerprint density at radius 3 is 2.18 bits per heavy atom. The van der Waals surface area contributed by atoms with Gasteiger partial charge in [-0.1, -0.05) is 51.1 Å². The van der Waals surface area contributed by atoms with Gasteiger partial charge in [0.25, 0.3) is 11.8 Å². The summed E-state index contributed by atoms with van der Waals surface area (Å²) in [6.45, 7) is 9.25. The molecule has 0 saturated carbocycles. The van der Waals surface area contributed by atoms with Gasteiger partial charge < -0.3 is 9.80 Å². The van der Waals surface area contributed by atoms with Crippen LogP contribution >= 0.6 is 0 Å². The first-order valence-electron chi connectivity index (χ1n) is 12.2. The van der Waals surface area contributed by atoms with E-state index in [0.717, 1.165) is 31.5 Å². The van der Waals surface area contributed by atoms with Crippen LogP contribution in [0.4, 0.5) is 0 Å². The fourth-order valence-electron chi connectivity index (χ4n) is 5.29. The third kappa shape index (κ3) is 4.84. The maximum atomic E-state index is 13.2. The first kappa shape index (κ1) is 23.9. The van der Waals surface area contributed by atoms with E-state index >= 15 is 0 Å². The molecular weight excluding hydrogens is 424 g/mol. The van der Waals surface area contributed by atoms with Crippen LogP contribution in [0.1, 0.15) is 72.9 Å². The second-order valence-electron chi connectivity index (χ2n) is 10.7. The van der Waals surface area contributed by atoms with Crippen LogP contribution in [0.15, 0.2) is 48.7 Å². The number of aromatic nitrogens is 1. The minimum Gasteiger partial charge on any atom is -0.339 e. The zero-order valence-electron chi connectivity index (χ0n) is 20.5. The summed E-state index contributed by atoms with van der Waals surface area (Å²) in [6.07, 6.45) is 4.72. The highest BCUT2D eigenvalue weighted by Gasteiger charge is 2.38. The molecule has 2 aliphatic heterocycles. The van der Waals surface area contributed by atoms with E-state index in [-0.39, 0.29) is 17.2 Å². The monoisotopic (exact) mass is 458 g/mol. The molecule has 2 saturated heterocycles. The molecule has 2 aromatic rings. The highest BCUT2D eigenvalue weighted by Crippen LogP contribution is 2.36. The van der Waals surface area contributed by atoms with Crippen LogP contribution in [0, 0.1) is 22.7 Å². The molecule has 34 heavy (non-hydrogen) atoms. The molecule has 6 heteroatoms. The molecule has 0 atom stereocenters. The number of likely N-dealkylation sites (tertiary alicyclic amines) is 2. The van der Waals surface area contributed by atoms with E-state index in [2.05, 4.69) is 31.8 Å². The lowest BCUT2D eigenvalue weighted by molar-refractivity contribution is 0.0608. The van der Waals surface area contributed by atoms with Gasteiger partial charge >= 0.3 is 0 Å². The molecule has 0 unspecified atom stereocenters. The maximum Gasteiger partial charge on any atom is 0.272 e. The minimum absolute atomic E-state index is 0.0324. The van der Waals surface area contributed by atoms with E-state index in [9.17, 15) is 14.9 Å². The van der Waals surface area contributed by atoms with Crippen molar-refractivity contribution in [3.05, 3.63) is 65.5 Å². The molecule has 2 fully saturated rings. The summed E-state index contributed by atoms with van der Waals surface area (Å²) in [7, 11) is 0. The Kier molecular flexibility index (Phi) is 6.74. The molecule has 3 heterocycles. The van der Waals surface area contributed by atoms with Gasteiger partial charge in [-0.3, -0.25) is 14.6 Å². The Hall–Kier alpha value is -3.20. The maximum absolute atomic E-state index is 13.2. The average Bonchev–Trinajstić information content (AvgIpc) is 2.88. The minimum atomic E-state index is -0.567. The van der Waals surface area contributed by atoms with Gasteiger partial charge in [-0.2, -0.15) is 5.26 Å². The van der Waals surface area contributed by atoms with Crippen molar-refractivity contribution in [2.75, 3.05) is 26.2 Å². The van der Waals surface area contributed by atoms with E-state index in [1.165, 1.54) is 0 Å². The molecule has 6 nitrogen and oxygen atoms in total. The topological polar surface area (TPSA) is 77.3 Å². The number of hydrogen-bond donors (Lipinski definition) is 0.